The van der Waals surface area contributed by atoms with Crippen LogP contribution in [0.3, 0.4) is 0 Å². The molecule has 0 spiro atoms. The molecule has 29 heavy (non-hydrogen) atoms. The van der Waals surface area contributed by atoms with Gasteiger partial charge in [0, 0.05) is 30.8 Å². The molecule has 0 radical (unpaired) electrons. The van der Waals surface area contributed by atoms with E-state index in [-0.39, 0.29) is 43.2 Å². The first-order chi connectivity index (χ1) is 13.5. The Kier molecular flexibility index (Phi) is 6.88. The minimum Gasteiger partial charge on any atom is -0.402 e. The zero-order valence-corrected chi connectivity index (χ0v) is 15.2. The van der Waals surface area contributed by atoms with Crippen molar-refractivity contribution in [3.63, 3.8) is 0 Å². The third-order valence-corrected chi connectivity index (χ3v) is 3.88. The maximum Gasteiger partial charge on any atom is 0.430 e. The molecule has 0 saturated carbocycles. The van der Waals surface area contributed by atoms with Gasteiger partial charge < -0.3 is 10.6 Å². The van der Waals surface area contributed by atoms with Crippen LogP contribution in [0, 0.1) is 17.5 Å². The number of rotatable bonds is 4. The molecular weight excluding hydrogens is 404 g/mol. The van der Waals surface area contributed by atoms with Gasteiger partial charge in [0.05, 0.1) is 13.1 Å². The first-order valence-electron chi connectivity index (χ1n) is 8.26. The lowest BCUT2D eigenvalue weighted by Gasteiger charge is -2.25. The SMILES string of the molecule is C/C(=N\NC1=NCCN(C(=O)/C=C(\N)Cc2cc(F)c(F)cc2F)C1)C(F)(F)F. The summed E-state index contributed by atoms with van der Waals surface area (Å²) in [5, 5.41) is 3.18. The molecule has 1 aromatic rings. The predicted octanol–water partition coefficient (Wildman–Crippen LogP) is 2.26. The Balaban J connectivity index is 2.01. The van der Waals surface area contributed by atoms with Gasteiger partial charge in [0.25, 0.3) is 0 Å². The van der Waals surface area contributed by atoms with Crippen LogP contribution in [0.25, 0.3) is 0 Å². The molecular formula is C17H17F6N5O. The van der Waals surface area contributed by atoms with Crippen LogP contribution >= 0.6 is 0 Å². The summed E-state index contributed by atoms with van der Waals surface area (Å²) in [6, 6.07) is 1.02. The Morgan fingerprint density at radius 1 is 1.28 bits per heavy atom. The van der Waals surface area contributed by atoms with Crippen LogP contribution in [0.15, 0.2) is 34.0 Å². The van der Waals surface area contributed by atoms with Crippen LogP contribution in [0.5, 0.6) is 0 Å². The van der Waals surface area contributed by atoms with E-state index in [1.54, 1.807) is 0 Å². The molecule has 0 bridgehead atoms. The van der Waals surface area contributed by atoms with Crippen molar-refractivity contribution in [3.05, 3.63) is 46.9 Å². The Hall–Kier alpha value is -3.05. The molecule has 1 aliphatic heterocycles. The molecule has 0 aliphatic carbocycles. The van der Waals surface area contributed by atoms with Crippen molar-refractivity contribution in [1.29, 1.82) is 0 Å². The van der Waals surface area contributed by atoms with Gasteiger partial charge in [0.15, 0.2) is 11.6 Å². The summed E-state index contributed by atoms with van der Waals surface area (Å²) in [5.41, 5.74) is 6.41. The second-order valence-corrected chi connectivity index (χ2v) is 6.15. The number of nitrogens with one attached hydrogen (secondary N) is 1. The lowest BCUT2D eigenvalue weighted by atomic mass is 10.1. The molecule has 1 heterocycles. The average Bonchev–Trinajstić information content (AvgIpc) is 2.63. The predicted molar refractivity (Wildman–Crippen MR) is 93.5 cm³/mol. The number of amides is 1. The van der Waals surface area contributed by atoms with Crippen molar-refractivity contribution >= 4 is 17.5 Å². The summed E-state index contributed by atoms with van der Waals surface area (Å²) in [7, 11) is 0. The fourth-order valence-corrected chi connectivity index (χ4v) is 2.31. The van der Waals surface area contributed by atoms with Crippen molar-refractivity contribution in [2.24, 2.45) is 15.8 Å². The standard InChI is InChI=1S/C17H17F6N5O/c1-9(17(21,22)23)26-27-15-8-28(3-2-25-15)16(29)6-11(24)4-10-5-13(19)14(20)7-12(10)18/h5-7H,2-4,8,24H2,1H3,(H,25,27)/b11-6-,26-9+. The van der Waals surface area contributed by atoms with Gasteiger partial charge in [-0.1, -0.05) is 0 Å². The monoisotopic (exact) mass is 421 g/mol. The lowest BCUT2D eigenvalue weighted by Crippen LogP contribution is -2.44. The minimum absolute atomic E-state index is 0.0480. The van der Waals surface area contributed by atoms with Gasteiger partial charge in [0.1, 0.15) is 17.4 Å². The number of hydrogen-bond donors (Lipinski definition) is 2. The van der Waals surface area contributed by atoms with Crippen LogP contribution in [-0.4, -0.2) is 48.2 Å². The number of nitrogens with zero attached hydrogens (tertiary/aromatic N) is 3. The molecule has 3 N–H and O–H groups in total. The highest BCUT2D eigenvalue weighted by Gasteiger charge is 2.32. The highest BCUT2D eigenvalue weighted by Crippen LogP contribution is 2.17. The van der Waals surface area contributed by atoms with Crippen LogP contribution < -0.4 is 11.2 Å². The maximum absolute atomic E-state index is 13.7. The van der Waals surface area contributed by atoms with Crippen molar-refractivity contribution in [2.75, 3.05) is 19.6 Å². The summed E-state index contributed by atoms with van der Waals surface area (Å²) in [6.07, 6.45) is -3.95. The molecule has 0 fully saturated rings. The van der Waals surface area contributed by atoms with Crippen molar-refractivity contribution in [2.45, 2.75) is 19.5 Å². The molecule has 1 aliphatic rings. The second-order valence-electron chi connectivity index (χ2n) is 6.15. The Labute approximate surface area is 161 Å². The Morgan fingerprint density at radius 3 is 2.59 bits per heavy atom. The summed E-state index contributed by atoms with van der Waals surface area (Å²) < 4.78 is 77.2. The molecule has 6 nitrogen and oxygen atoms in total. The number of nitrogens with two attached hydrogens (primary N) is 1. The van der Waals surface area contributed by atoms with Crippen molar-refractivity contribution in [3.8, 4) is 0 Å². The van der Waals surface area contributed by atoms with E-state index in [0.717, 1.165) is 13.0 Å². The highest BCUT2D eigenvalue weighted by molar-refractivity contribution is 5.95. The molecule has 1 aromatic carbocycles. The molecule has 0 atom stereocenters. The van der Waals surface area contributed by atoms with E-state index >= 15 is 0 Å². The van der Waals surface area contributed by atoms with Gasteiger partial charge in [-0.3, -0.25) is 15.2 Å². The van der Waals surface area contributed by atoms with Crippen LogP contribution in [-0.2, 0) is 11.2 Å². The molecule has 0 saturated heterocycles. The minimum atomic E-state index is -4.59. The number of hydrogen-bond acceptors (Lipinski definition) is 5. The summed E-state index contributed by atoms with van der Waals surface area (Å²) in [5.74, 6) is -4.16. The third kappa shape index (κ3) is 6.22. The van der Waals surface area contributed by atoms with Gasteiger partial charge in [-0.2, -0.15) is 18.3 Å². The van der Waals surface area contributed by atoms with E-state index in [9.17, 15) is 31.1 Å². The lowest BCUT2D eigenvalue weighted by molar-refractivity contribution is -0.125. The van der Waals surface area contributed by atoms with Gasteiger partial charge in [-0.05, 0) is 18.6 Å². The number of amidine groups is 1. The number of aliphatic imine (C=N–C) groups is 1. The molecule has 158 valence electrons. The highest BCUT2D eigenvalue weighted by atomic mass is 19.4. The van der Waals surface area contributed by atoms with Gasteiger partial charge in [-0.25, -0.2) is 13.2 Å². The number of alkyl halides is 3. The molecule has 1 amide bonds. The summed E-state index contributed by atoms with van der Waals surface area (Å²) in [4.78, 5) is 17.5. The van der Waals surface area contributed by atoms with Crippen LogP contribution in [0.4, 0.5) is 26.3 Å². The van der Waals surface area contributed by atoms with Crippen LogP contribution in [0.2, 0.25) is 0 Å². The fraction of sp³-hybridized carbons (Fsp3) is 0.353. The average molecular weight is 421 g/mol. The first-order valence-corrected chi connectivity index (χ1v) is 8.26. The van der Waals surface area contributed by atoms with Gasteiger partial charge in [0.2, 0.25) is 5.91 Å². The van der Waals surface area contributed by atoms with E-state index in [1.807, 2.05) is 0 Å². The molecule has 0 unspecified atom stereocenters. The quantitative estimate of drug-likeness (QED) is 0.257. The van der Waals surface area contributed by atoms with E-state index in [4.69, 9.17) is 5.73 Å². The van der Waals surface area contributed by atoms with Gasteiger partial charge in [-0.15, -0.1) is 0 Å². The summed E-state index contributed by atoms with van der Waals surface area (Å²) in [6.45, 7) is 0.937. The van der Waals surface area contributed by atoms with E-state index in [2.05, 4.69) is 15.5 Å². The van der Waals surface area contributed by atoms with Crippen molar-refractivity contribution < 1.29 is 31.1 Å². The number of carbonyl (C=O) groups excluding carboxylic acids is 1. The summed E-state index contributed by atoms with van der Waals surface area (Å²) >= 11 is 0. The van der Waals surface area contributed by atoms with E-state index in [1.165, 1.54) is 4.90 Å². The Morgan fingerprint density at radius 2 is 1.93 bits per heavy atom. The third-order valence-electron chi connectivity index (χ3n) is 3.88. The number of benzene rings is 1. The molecule has 0 aromatic heterocycles. The second kappa shape index (κ2) is 8.97. The van der Waals surface area contributed by atoms with E-state index in [0.29, 0.717) is 12.1 Å². The maximum atomic E-state index is 13.7. The smallest absolute Gasteiger partial charge is 0.402 e. The van der Waals surface area contributed by atoms with E-state index < -0.39 is 35.2 Å². The molecule has 2 rings (SSSR count). The topological polar surface area (TPSA) is 83.1 Å². The van der Waals surface area contributed by atoms with Gasteiger partial charge >= 0.3 is 6.18 Å². The fourth-order valence-electron chi connectivity index (χ4n) is 2.31. The number of halogens is 6. The van der Waals surface area contributed by atoms with Crippen LogP contribution in [0.1, 0.15) is 12.5 Å². The zero-order valence-electron chi connectivity index (χ0n) is 15.2. The largest absolute Gasteiger partial charge is 0.430 e. The number of allylic oxidation sites excluding steroid dienone is 1. The first kappa shape index (κ1) is 22.2. The van der Waals surface area contributed by atoms with Crippen molar-refractivity contribution in [1.82, 2.24) is 10.3 Å². The Bertz CT molecular complexity index is 878. The zero-order chi connectivity index (χ0) is 21.8. The normalized spacial score (nSPS) is 16.0. The number of carbonyl (C=O) groups is 1. The number of hydrazone groups is 1. The molecule has 12 heteroatoms.